The number of hydrogen-bond donors (Lipinski definition) is 0. The van der Waals surface area contributed by atoms with E-state index in [1.165, 1.54) is 6.42 Å². The number of ether oxygens (including phenoxy) is 2. The van der Waals surface area contributed by atoms with Gasteiger partial charge in [-0.3, -0.25) is 9.59 Å². The van der Waals surface area contributed by atoms with Gasteiger partial charge in [0.05, 0.1) is 20.8 Å². The Hall–Kier alpha value is -3.45. The normalized spacial score (nSPS) is 13.8. The van der Waals surface area contributed by atoms with Gasteiger partial charge in [-0.25, -0.2) is 0 Å². The number of methoxy groups -OCH3 is 2. The summed E-state index contributed by atoms with van der Waals surface area (Å²) in [5, 5.41) is 0.725. The van der Waals surface area contributed by atoms with Crippen molar-refractivity contribution in [3.05, 3.63) is 82.6 Å². The molecule has 2 aromatic carbocycles. The Morgan fingerprint density at radius 3 is 2.27 bits per heavy atom. The first-order chi connectivity index (χ1) is 19.3. The second-order valence-corrected chi connectivity index (χ2v) is 11.1. The highest BCUT2D eigenvalue weighted by Crippen LogP contribution is 2.27. The molecule has 0 unspecified atom stereocenters. The van der Waals surface area contributed by atoms with Gasteiger partial charge >= 0.3 is 0 Å². The van der Waals surface area contributed by atoms with Gasteiger partial charge in [0.25, 0.3) is 5.91 Å². The second-order valence-electron chi connectivity index (χ2n) is 10.7. The molecule has 1 aliphatic rings. The van der Waals surface area contributed by atoms with E-state index in [0.29, 0.717) is 30.2 Å². The Morgan fingerprint density at radius 2 is 1.65 bits per heavy atom. The molecule has 0 N–H and O–H groups in total. The number of halogens is 1. The molecule has 0 aliphatic heterocycles. The first kappa shape index (κ1) is 29.5. The van der Waals surface area contributed by atoms with Crippen molar-refractivity contribution in [2.75, 3.05) is 20.8 Å². The van der Waals surface area contributed by atoms with Crippen LogP contribution in [0.3, 0.4) is 0 Å². The average Bonchev–Trinajstić information content (AvgIpc) is 3.41. The van der Waals surface area contributed by atoms with Gasteiger partial charge < -0.3 is 23.8 Å². The van der Waals surface area contributed by atoms with Gasteiger partial charge in [0, 0.05) is 47.2 Å². The zero-order chi connectivity index (χ0) is 28.6. The number of carbonyl (C=O) groups excluding carboxylic acids is 2. The summed E-state index contributed by atoms with van der Waals surface area (Å²) in [6.07, 6.45) is 7.37. The molecular formula is C32H40ClN3O4. The molecule has 2 amide bonds. The maximum absolute atomic E-state index is 14.0. The van der Waals surface area contributed by atoms with Crippen LogP contribution < -0.4 is 9.47 Å². The van der Waals surface area contributed by atoms with Crippen molar-refractivity contribution in [3.63, 3.8) is 0 Å². The van der Waals surface area contributed by atoms with Crippen molar-refractivity contribution < 1.29 is 19.1 Å². The number of rotatable bonds is 11. The molecule has 7 nitrogen and oxygen atoms in total. The first-order valence-electron chi connectivity index (χ1n) is 14.0. The predicted molar refractivity (Wildman–Crippen MR) is 158 cm³/mol. The molecule has 1 saturated carbocycles. The zero-order valence-corrected chi connectivity index (χ0v) is 24.7. The van der Waals surface area contributed by atoms with Crippen LogP contribution in [0.5, 0.6) is 11.5 Å². The molecule has 3 aromatic rings. The Balaban J connectivity index is 1.58. The van der Waals surface area contributed by atoms with Crippen LogP contribution >= 0.6 is 11.6 Å². The van der Waals surface area contributed by atoms with E-state index < -0.39 is 0 Å². The molecule has 0 atom stereocenters. The van der Waals surface area contributed by atoms with Crippen LogP contribution in [0.25, 0.3) is 0 Å². The topological polar surface area (TPSA) is 64.0 Å². The van der Waals surface area contributed by atoms with E-state index in [9.17, 15) is 9.59 Å². The Labute approximate surface area is 242 Å². The van der Waals surface area contributed by atoms with Crippen molar-refractivity contribution in [1.29, 1.82) is 0 Å². The second kappa shape index (κ2) is 13.8. The Kier molecular flexibility index (Phi) is 10.2. The molecule has 0 radical (unpaired) electrons. The summed E-state index contributed by atoms with van der Waals surface area (Å²) in [7, 11) is 3.10. The fourth-order valence-electron chi connectivity index (χ4n) is 5.37. The summed E-state index contributed by atoms with van der Waals surface area (Å²) in [6, 6.07) is 17.0. The summed E-state index contributed by atoms with van der Waals surface area (Å²) in [5.74, 6) is 0.780. The smallest absolute Gasteiger partial charge is 0.254 e. The minimum absolute atomic E-state index is 0.00223. The number of amides is 2. The highest BCUT2D eigenvalue weighted by Gasteiger charge is 2.30. The van der Waals surface area contributed by atoms with Crippen LogP contribution in [0, 0.1) is 0 Å². The summed E-state index contributed by atoms with van der Waals surface area (Å²) in [4.78, 5) is 31.4. The Morgan fingerprint density at radius 1 is 0.975 bits per heavy atom. The third-order valence-corrected chi connectivity index (χ3v) is 8.05. The lowest BCUT2D eigenvalue weighted by Crippen LogP contribution is -2.49. The fraction of sp³-hybridized carbons (Fsp3) is 0.438. The van der Waals surface area contributed by atoms with Crippen molar-refractivity contribution in [1.82, 2.24) is 14.4 Å². The first-order valence-corrected chi connectivity index (χ1v) is 14.4. The predicted octanol–water partition coefficient (Wildman–Crippen LogP) is 6.42. The monoisotopic (exact) mass is 565 g/mol. The molecule has 1 heterocycles. The third kappa shape index (κ3) is 7.19. The van der Waals surface area contributed by atoms with E-state index in [1.807, 2.05) is 55.3 Å². The molecule has 0 saturated heterocycles. The molecule has 40 heavy (non-hydrogen) atoms. The summed E-state index contributed by atoms with van der Waals surface area (Å²) in [5.41, 5.74) is 2.50. The average molecular weight is 566 g/mol. The van der Waals surface area contributed by atoms with Crippen LogP contribution in [0.1, 0.15) is 67.6 Å². The van der Waals surface area contributed by atoms with Crippen LogP contribution in [0.15, 0.2) is 60.8 Å². The maximum atomic E-state index is 14.0. The van der Waals surface area contributed by atoms with E-state index in [-0.39, 0.29) is 30.4 Å². The quantitative estimate of drug-likeness (QED) is 0.269. The lowest BCUT2D eigenvalue weighted by Gasteiger charge is -2.37. The van der Waals surface area contributed by atoms with Gasteiger partial charge in [-0.05, 0) is 62.6 Å². The molecule has 1 fully saturated rings. The van der Waals surface area contributed by atoms with Crippen LogP contribution in [0.4, 0.5) is 0 Å². The lowest BCUT2D eigenvalue weighted by molar-refractivity contribution is -0.136. The fourth-order valence-corrected chi connectivity index (χ4v) is 5.56. The van der Waals surface area contributed by atoms with E-state index in [1.54, 1.807) is 37.3 Å². The number of hydrogen-bond acceptors (Lipinski definition) is 4. The highest BCUT2D eigenvalue weighted by atomic mass is 35.5. The van der Waals surface area contributed by atoms with Gasteiger partial charge in [0.15, 0.2) is 0 Å². The molecule has 1 aromatic heterocycles. The minimum Gasteiger partial charge on any atom is -0.497 e. The number of aromatic nitrogens is 1. The van der Waals surface area contributed by atoms with Crippen LogP contribution in [0.2, 0.25) is 5.02 Å². The zero-order valence-electron chi connectivity index (χ0n) is 23.9. The number of carbonyl (C=O) groups is 2. The standard InChI is InChI=1S/C32H40ClN3O4/c1-23(2)35(32(38)25-17-28(39-3)19-29(18-25)40-4)22-31(37)36(26-12-6-5-7-13-26)21-27-14-10-16-34(27)20-24-11-8-9-15-30(24)33/h8-11,14-19,23,26H,5-7,12-13,20-22H2,1-4H3. The molecular weight excluding hydrogens is 526 g/mol. The van der Waals surface area contributed by atoms with Gasteiger partial charge in [-0.15, -0.1) is 0 Å². The van der Waals surface area contributed by atoms with Gasteiger partial charge in [-0.1, -0.05) is 49.1 Å². The number of nitrogens with zero attached hydrogens (tertiary/aromatic N) is 3. The lowest BCUT2D eigenvalue weighted by atomic mass is 9.94. The van der Waals surface area contributed by atoms with Crippen molar-refractivity contribution in [2.24, 2.45) is 0 Å². The van der Waals surface area contributed by atoms with Crippen molar-refractivity contribution in [2.45, 2.75) is 71.1 Å². The third-order valence-electron chi connectivity index (χ3n) is 7.68. The van der Waals surface area contributed by atoms with E-state index in [2.05, 4.69) is 10.6 Å². The van der Waals surface area contributed by atoms with Gasteiger partial charge in [-0.2, -0.15) is 0 Å². The Bertz CT molecular complexity index is 1280. The minimum atomic E-state index is -0.230. The molecule has 1 aliphatic carbocycles. The highest BCUT2D eigenvalue weighted by molar-refractivity contribution is 6.31. The van der Waals surface area contributed by atoms with Crippen molar-refractivity contribution >= 4 is 23.4 Å². The summed E-state index contributed by atoms with van der Waals surface area (Å²) in [6.45, 7) is 4.97. The van der Waals surface area contributed by atoms with Crippen molar-refractivity contribution in [3.8, 4) is 11.5 Å². The molecule has 214 valence electrons. The van der Waals surface area contributed by atoms with E-state index >= 15 is 0 Å². The summed E-state index contributed by atoms with van der Waals surface area (Å²) >= 11 is 6.45. The molecule has 0 bridgehead atoms. The van der Waals surface area contributed by atoms with Gasteiger partial charge in [0.1, 0.15) is 18.0 Å². The van der Waals surface area contributed by atoms with E-state index in [4.69, 9.17) is 21.1 Å². The summed E-state index contributed by atoms with van der Waals surface area (Å²) < 4.78 is 12.9. The molecule has 4 rings (SSSR count). The number of benzene rings is 2. The van der Waals surface area contributed by atoms with Crippen LogP contribution in [-0.2, 0) is 17.9 Å². The molecule has 8 heteroatoms. The largest absolute Gasteiger partial charge is 0.497 e. The van der Waals surface area contributed by atoms with Crippen LogP contribution in [-0.4, -0.2) is 59.0 Å². The van der Waals surface area contributed by atoms with Gasteiger partial charge in [0.2, 0.25) is 5.91 Å². The SMILES string of the molecule is COc1cc(OC)cc(C(=O)N(CC(=O)N(Cc2cccn2Cc2ccccc2Cl)C2CCCCC2)C(C)C)c1. The van der Waals surface area contributed by atoms with E-state index in [0.717, 1.165) is 42.0 Å². The maximum Gasteiger partial charge on any atom is 0.254 e. The molecule has 0 spiro atoms.